The van der Waals surface area contributed by atoms with E-state index in [0.717, 1.165) is 17.7 Å². The second kappa shape index (κ2) is 5.08. The molecular formula is C14H19ClO3. The average molecular weight is 271 g/mol. The molecule has 0 aliphatic carbocycles. The Kier molecular flexibility index (Phi) is 3.85. The van der Waals surface area contributed by atoms with E-state index in [4.69, 9.17) is 21.1 Å². The fraction of sp³-hybridized carbons (Fsp3) is 0.571. The highest BCUT2D eigenvalue weighted by molar-refractivity contribution is 6.30. The van der Waals surface area contributed by atoms with E-state index in [1.807, 2.05) is 19.9 Å². The van der Waals surface area contributed by atoms with Crippen molar-refractivity contribution in [2.24, 2.45) is 0 Å². The predicted molar refractivity (Wildman–Crippen MR) is 71.1 cm³/mol. The van der Waals surface area contributed by atoms with Gasteiger partial charge in [-0.05, 0) is 32.0 Å². The van der Waals surface area contributed by atoms with Gasteiger partial charge in [-0.1, -0.05) is 11.6 Å². The van der Waals surface area contributed by atoms with Gasteiger partial charge in [0, 0.05) is 30.5 Å². The summed E-state index contributed by atoms with van der Waals surface area (Å²) in [6.45, 7) is 4.03. The van der Waals surface area contributed by atoms with E-state index in [9.17, 15) is 5.11 Å². The first-order chi connectivity index (χ1) is 8.41. The number of halogens is 1. The molecule has 1 aromatic rings. The highest BCUT2D eigenvalue weighted by Crippen LogP contribution is 2.38. The molecule has 0 bridgehead atoms. The van der Waals surface area contributed by atoms with Gasteiger partial charge in [0.15, 0.2) is 0 Å². The van der Waals surface area contributed by atoms with Gasteiger partial charge < -0.3 is 14.6 Å². The molecule has 0 radical (unpaired) electrons. The van der Waals surface area contributed by atoms with Crippen LogP contribution in [0.2, 0.25) is 5.02 Å². The van der Waals surface area contributed by atoms with E-state index < -0.39 is 6.10 Å². The molecule has 0 aromatic heterocycles. The maximum atomic E-state index is 10.1. The third kappa shape index (κ3) is 2.97. The van der Waals surface area contributed by atoms with Crippen molar-refractivity contribution in [1.29, 1.82) is 0 Å². The van der Waals surface area contributed by atoms with Crippen LogP contribution in [0.4, 0.5) is 0 Å². The quantitative estimate of drug-likeness (QED) is 0.916. The number of rotatable bonds is 3. The maximum Gasteiger partial charge on any atom is 0.125 e. The summed E-state index contributed by atoms with van der Waals surface area (Å²) >= 11 is 5.92. The molecule has 18 heavy (non-hydrogen) atoms. The molecule has 1 aromatic carbocycles. The molecule has 1 aliphatic rings. The van der Waals surface area contributed by atoms with Crippen molar-refractivity contribution in [1.82, 2.24) is 0 Å². The average Bonchev–Trinajstić information content (AvgIpc) is 2.30. The van der Waals surface area contributed by atoms with E-state index in [1.54, 1.807) is 19.2 Å². The third-order valence-electron chi connectivity index (χ3n) is 3.38. The molecule has 0 spiro atoms. The van der Waals surface area contributed by atoms with Crippen molar-refractivity contribution in [3.63, 3.8) is 0 Å². The first-order valence-corrected chi connectivity index (χ1v) is 6.48. The number of methoxy groups -OCH3 is 1. The number of hydrogen-bond acceptors (Lipinski definition) is 3. The van der Waals surface area contributed by atoms with E-state index >= 15 is 0 Å². The monoisotopic (exact) mass is 270 g/mol. The van der Waals surface area contributed by atoms with Gasteiger partial charge in [0.1, 0.15) is 11.9 Å². The van der Waals surface area contributed by atoms with E-state index in [2.05, 4.69) is 0 Å². The lowest BCUT2D eigenvalue weighted by atomic mass is 9.92. The number of benzene rings is 1. The summed E-state index contributed by atoms with van der Waals surface area (Å²) < 4.78 is 11.3. The van der Waals surface area contributed by atoms with Crippen LogP contribution in [0, 0.1) is 0 Å². The zero-order chi connectivity index (χ0) is 13.3. The third-order valence-corrected chi connectivity index (χ3v) is 3.62. The van der Waals surface area contributed by atoms with Crippen molar-refractivity contribution in [3.8, 4) is 5.75 Å². The molecule has 0 fully saturated rings. The van der Waals surface area contributed by atoms with Crippen molar-refractivity contribution >= 4 is 11.6 Å². The molecule has 1 unspecified atom stereocenters. The maximum absolute atomic E-state index is 10.1. The zero-order valence-corrected chi connectivity index (χ0v) is 11.7. The first kappa shape index (κ1) is 13.7. The SMILES string of the molecule is COC(C)(C)CC1C[C@H](O)c2cc(Cl)ccc2O1. The van der Waals surface area contributed by atoms with Gasteiger partial charge in [-0.15, -0.1) is 0 Å². The predicted octanol–water partition coefficient (Wildman–Crippen LogP) is 3.34. The summed E-state index contributed by atoms with van der Waals surface area (Å²) in [4.78, 5) is 0. The van der Waals surface area contributed by atoms with Crippen LogP contribution in [0.3, 0.4) is 0 Å². The second-order valence-corrected chi connectivity index (χ2v) is 5.78. The van der Waals surface area contributed by atoms with E-state index in [-0.39, 0.29) is 11.7 Å². The fourth-order valence-corrected chi connectivity index (χ4v) is 2.43. The van der Waals surface area contributed by atoms with Crippen LogP contribution in [0.1, 0.15) is 38.4 Å². The standard InChI is InChI=1S/C14H19ClO3/c1-14(2,17-3)8-10-7-12(16)11-6-9(15)4-5-13(11)18-10/h4-6,10,12,16H,7-8H2,1-3H3/t10?,12-/m0/s1. The molecule has 100 valence electrons. The summed E-state index contributed by atoms with van der Waals surface area (Å²) in [5.41, 5.74) is 0.517. The van der Waals surface area contributed by atoms with Gasteiger partial charge >= 0.3 is 0 Å². The molecule has 0 saturated carbocycles. The first-order valence-electron chi connectivity index (χ1n) is 6.10. The van der Waals surface area contributed by atoms with Gasteiger partial charge in [0.25, 0.3) is 0 Å². The minimum Gasteiger partial charge on any atom is -0.490 e. The van der Waals surface area contributed by atoms with Crippen LogP contribution < -0.4 is 4.74 Å². The van der Waals surface area contributed by atoms with Crippen LogP contribution in [0.25, 0.3) is 0 Å². The van der Waals surface area contributed by atoms with E-state index in [0.29, 0.717) is 11.4 Å². The molecule has 2 rings (SSSR count). The Morgan fingerprint density at radius 1 is 1.50 bits per heavy atom. The summed E-state index contributed by atoms with van der Waals surface area (Å²) in [6, 6.07) is 5.35. The molecule has 0 saturated heterocycles. The lowest BCUT2D eigenvalue weighted by Crippen LogP contribution is -2.35. The normalized spacial score (nSPS) is 23.4. The number of ether oxygens (including phenoxy) is 2. The highest BCUT2D eigenvalue weighted by Gasteiger charge is 2.31. The number of hydrogen-bond donors (Lipinski definition) is 1. The molecule has 1 aliphatic heterocycles. The Labute approximate surface area is 113 Å². The van der Waals surface area contributed by atoms with Gasteiger partial charge in [-0.2, -0.15) is 0 Å². The Hall–Kier alpha value is -0.770. The Balaban J connectivity index is 2.16. The molecule has 1 heterocycles. The van der Waals surface area contributed by atoms with Crippen molar-refractivity contribution < 1.29 is 14.6 Å². The number of aliphatic hydroxyl groups excluding tert-OH is 1. The number of fused-ring (bicyclic) bond motifs is 1. The van der Waals surface area contributed by atoms with Crippen molar-refractivity contribution in [3.05, 3.63) is 28.8 Å². The Bertz CT molecular complexity index is 431. The fourth-order valence-electron chi connectivity index (χ4n) is 2.25. The van der Waals surface area contributed by atoms with Gasteiger partial charge in [-0.25, -0.2) is 0 Å². The summed E-state index contributed by atoms with van der Waals surface area (Å²) in [5, 5.41) is 10.8. The Morgan fingerprint density at radius 3 is 2.89 bits per heavy atom. The highest BCUT2D eigenvalue weighted by atomic mass is 35.5. The minimum atomic E-state index is -0.523. The van der Waals surface area contributed by atoms with Gasteiger partial charge in [0.05, 0.1) is 11.7 Å². The molecule has 0 amide bonds. The summed E-state index contributed by atoms with van der Waals surface area (Å²) in [7, 11) is 1.69. The topological polar surface area (TPSA) is 38.7 Å². The minimum absolute atomic E-state index is 0.0383. The summed E-state index contributed by atoms with van der Waals surface area (Å²) in [6.07, 6.45) is 0.747. The molecule has 4 heteroatoms. The van der Waals surface area contributed by atoms with Crippen LogP contribution in [-0.4, -0.2) is 23.9 Å². The van der Waals surface area contributed by atoms with Gasteiger partial charge in [-0.3, -0.25) is 0 Å². The smallest absolute Gasteiger partial charge is 0.125 e. The van der Waals surface area contributed by atoms with Crippen LogP contribution >= 0.6 is 11.6 Å². The number of aliphatic hydroxyl groups is 1. The van der Waals surface area contributed by atoms with Crippen LogP contribution in [-0.2, 0) is 4.74 Å². The van der Waals surface area contributed by atoms with Crippen molar-refractivity contribution in [2.45, 2.75) is 44.5 Å². The molecular weight excluding hydrogens is 252 g/mol. The largest absolute Gasteiger partial charge is 0.490 e. The lowest BCUT2D eigenvalue weighted by molar-refractivity contribution is -0.0311. The van der Waals surface area contributed by atoms with Crippen LogP contribution in [0.5, 0.6) is 5.75 Å². The van der Waals surface area contributed by atoms with E-state index in [1.165, 1.54) is 0 Å². The zero-order valence-electron chi connectivity index (χ0n) is 10.9. The lowest BCUT2D eigenvalue weighted by Gasteiger charge is -2.34. The van der Waals surface area contributed by atoms with Crippen molar-refractivity contribution in [2.75, 3.05) is 7.11 Å². The van der Waals surface area contributed by atoms with Gasteiger partial charge in [0.2, 0.25) is 0 Å². The molecule has 2 atom stereocenters. The molecule has 1 N–H and O–H groups in total. The molecule has 3 nitrogen and oxygen atoms in total. The van der Waals surface area contributed by atoms with Crippen LogP contribution in [0.15, 0.2) is 18.2 Å². The summed E-state index contributed by atoms with van der Waals surface area (Å²) in [5.74, 6) is 0.718. The second-order valence-electron chi connectivity index (χ2n) is 5.34. The Morgan fingerprint density at radius 2 is 2.22 bits per heavy atom.